The molecule has 3 N–H and O–H groups in total. The second kappa shape index (κ2) is 10.6. The zero-order valence-electron chi connectivity index (χ0n) is 14.3. The van der Waals surface area contributed by atoms with Crippen LogP contribution in [0, 0.1) is 0 Å². The van der Waals surface area contributed by atoms with Gasteiger partial charge in [0.2, 0.25) is 0 Å². The molecule has 0 spiro atoms. The number of guanidine groups is 1. The van der Waals surface area contributed by atoms with Crippen molar-refractivity contribution in [2.45, 2.75) is 58.0 Å². The number of likely N-dealkylation sites (N-methyl/N-ethyl adjacent to an activating group) is 1. The van der Waals surface area contributed by atoms with E-state index in [1.54, 1.807) is 0 Å². The molecule has 130 valence electrons. The van der Waals surface area contributed by atoms with Crippen LogP contribution in [0.2, 0.25) is 0 Å². The Bertz CT molecular complexity index is 330. The Kier molecular flexibility index (Phi) is 9.66. The Morgan fingerprint density at radius 2 is 1.95 bits per heavy atom. The first kappa shape index (κ1) is 20.0. The van der Waals surface area contributed by atoms with Crippen molar-refractivity contribution in [3.8, 4) is 0 Å². The summed E-state index contributed by atoms with van der Waals surface area (Å²) in [5.41, 5.74) is 6.04. The zero-order chi connectivity index (χ0) is 15.1. The number of likely N-dealkylation sites (tertiary alicyclic amines) is 2. The Morgan fingerprint density at radius 3 is 2.59 bits per heavy atom. The van der Waals surface area contributed by atoms with Gasteiger partial charge < -0.3 is 11.1 Å². The number of halogens is 1. The lowest BCUT2D eigenvalue weighted by Gasteiger charge is -2.25. The van der Waals surface area contributed by atoms with E-state index in [0.717, 1.165) is 26.1 Å². The van der Waals surface area contributed by atoms with Crippen LogP contribution in [0.4, 0.5) is 0 Å². The third-order valence-corrected chi connectivity index (χ3v) is 5.02. The van der Waals surface area contributed by atoms with E-state index in [1.807, 2.05) is 0 Å². The molecule has 0 aliphatic carbocycles. The molecule has 0 saturated carbocycles. The van der Waals surface area contributed by atoms with E-state index in [-0.39, 0.29) is 24.0 Å². The van der Waals surface area contributed by atoms with Gasteiger partial charge in [-0.25, -0.2) is 0 Å². The highest BCUT2D eigenvalue weighted by Gasteiger charge is 2.23. The summed E-state index contributed by atoms with van der Waals surface area (Å²) in [6.45, 7) is 11.1. The predicted molar refractivity (Wildman–Crippen MR) is 105 cm³/mol. The Morgan fingerprint density at radius 1 is 1.23 bits per heavy atom. The van der Waals surface area contributed by atoms with Crippen LogP contribution in [0.1, 0.15) is 46.0 Å². The molecule has 0 aromatic heterocycles. The van der Waals surface area contributed by atoms with Crippen molar-refractivity contribution in [1.82, 2.24) is 15.1 Å². The highest BCUT2D eigenvalue weighted by Crippen LogP contribution is 2.16. The van der Waals surface area contributed by atoms with Crippen LogP contribution in [0.15, 0.2) is 4.99 Å². The number of nitrogens with zero attached hydrogens (tertiary/aromatic N) is 3. The molecule has 2 saturated heterocycles. The molecular formula is C16H34IN5. The number of rotatable bonds is 7. The topological polar surface area (TPSA) is 56.9 Å². The van der Waals surface area contributed by atoms with Crippen molar-refractivity contribution in [3.05, 3.63) is 0 Å². The van der Waals surface area contributed by atoms with Gasteiger partial charge in [-0.1, -0.05) is 13.8 Å². The summed E-state index contributed by atoms with van der Waals surface area (Å²) in [5.74, 6) is 0.621. The van der Waals surface area contributed by atoms with E-state index in [2.05, 4.69) is 34.0 Å². The molecule has 2 fully saturated rings. The minimum Gasteiger partial charge on any atom is -0.370 e. The maximum absolute atomic E-state index is 6.04. The lowest BCUT2D eigenvalue weighted by molar-refractivity contribution is 0.242. The molecule has 0 bridgehead atoms. The molecule has 0 aromatic rings. The number of nitrogens with one attached hydrogen (secondary N) is 1. The van der Waals surface area contributed by atoms with Gasteiger partial charge in [0.1, 0.15) is 0 Å². The smallest absolute Gasteiger partial charge is 0.188 e. The second-order valence-electron chi connectivity index (χ2n) is 6.34. The lowest BCUT2D eigenvalue weighted by atomic mass is 10.2. The van der Waals surface area contributed by atoms with Crippen LogP contribution in [-0.4, -0.2) is 67.1 Å². The Labute approximate surface area is 153 Å². The molecule has 2 aliphatic heterocycles. The fourth-order valence-corrected chi connectivity index (χ4v) is 3.63. The molecule has 5 nitrogen and oxygen atoms in total. The summed E-state index contributed by atoms with van der Waals surface area (Å²) < 4.78 is 0. The van der Waals surface area contributed by atoms with Crippen molar-refractivity contribution in [1.29, 1.82) is 0 Å². The summed E-state index contributed by atoms with van der Waals surface area (Å²) in [6.07, 6.45) is 6.41. The quantitative estimate of drug-likeness (QED) is 0.373. The van der Waals surface area contributed by atoms with Gasteiger partial charge in [-0.05, 0) is 58.3 Å². The first-order chi connectivity index (χ1) is 10.2. The van der Waals surface area contributed by atoms with Crippen LogP contribution >= 0.6 is 24.0 Å². The molecule has 2 rings (SSSR count). The molecule has 6 heteroatoms. The van der Waals surface area contributed by atoms with Crippen molar-refractivity contribution < 1.29 is 0 Å². The molecule has 0 aromatic carbocycles. The zero-order valence-corrected chi connectivity index (χ0v) is 16.6. The van der Waals surface area contributed by atoms with Gasteiger partial charge in [-0.2, -0.15) is 0 Å². The second-order valence-corrected chi connectivity index (χ2v) is 6.34. The molecule has 22 heavy (non-hydrogen) atoms. The largest absolute Gasteiger partial charge is 0.370 e. The first-order valence-corrected chi connectivity index (χ1v) is 8.76. The predicted octanol–water partition coefficient (Wildman–Crippen LogP) is 1.87. The SMILES string of the molecule is CCC(CN=C(N)NCC1CCCN1CC)N1CCCC1.I. The van der Waals surface area contributed by atoms with E-state index in [1.165, 1.54) is 45.3 Å². The van der Waals surface area contributed by atoms with Crippen LogP contribution in [0.25, 0.3) is 0 Å². The average Bonchev–Trinajstić information content (AvgIpc) is 3.17. The maximum atomic E-state index is 6.04. The summed E-state index contributed by atoms with van der Waals surface area (Å²) in [6, 6.07) is 1.19. The molecule has 0 radical (unpaired) electrons. The van der Waals surface area contributed by atoms with Crippen molar-refractivity contribution in [2.75, 3.05) is 39.3 Å². The highest BCUT2D eigenvalue weighted by molar-refractivity contribution is 14.0. The van der Waals surface area contributed by atoms with Gasteiger partial charge in [0.15, 0.2) is 5.96 Å². The third-order valence-electron chi connectivity index (χ3n) is 5.02. The summed E-state index contributed by atoms with van der Waals surface area (Å²) in [4.78, 5) is 9.66. The molecule has 0 amide bonds. The van der Waals surface area contributed by atoms with E-state index >= 15 is 0 Å². The van der Waals surface area contributed by atoms with Crippen LogP contribution < -0.4 is 11.1 Å². The standard InChI is InChI=1S/C16H33N5.HI/c1-3-14(21-9-5-6-10-21)12-18-16(17)19-13-15-8-7-11-20(15)4-2;/h14-15H,3-13H2,1-2H3,(H3,17,18,19);1H. The summed E-state index contributed by atoms with van der Waals surface area (Å²) in [5, 5.41) is 3.33. The Hall–Kier alpha value is -0.0800. The number of hydrogen-bond acceptors (Lipinski definition) is 3. The van der Waals surface area contributed by atoms with E-state index < -0.39 is 0 Å². The van der Waals surface area contributed by atoms with Crippen molar-refractivity contribution >= 4 is 29.9 Å². The van der Waals surface area contributed by atoms with Crippen molar-refractivity contribution in [2.24, 2.45) is 10.7 Å². The molecule has 2 aliphatic rings. The van der Waals surface area contributed by atoms with Gasteiger partial charge in [0.25, 0.3) is 0 Å². The summed E-state index contributed by atoms with van der Waals surface area (Å²) in [7, 11) is 0. The van der Waals surface area contributed by atoms with Crippen LogP contribution in [-0.2, 0) is 0 Å². The number of hydrogen-bond donors (Lipinski definition) is 2. The third kappa shape index (κ3) is 5.85. The van der Waals surface area contributed by atoms with Gasteiger partial charge in [0, 0.05) is 18.6 Å². The minimum atomic E-state index is 0. The van der Waals surface area contributed by atoms with Gasteiger partial charge >= 0.3 is 0 Å². The fraction of sp³-hybridized carbons (Fsp3) is 0.938. The maximum Gasteiger partial charge on any atom is 0.188 e. The molecule has 2 unspecified atom stereocenters. The van der Waals surface area contributed by atoms with Gasteiger partial charge in [0.05, 0.1) is 6.54 Å². The normalized spacial score (nSPS) is 25.2. The average molecular weight is 423 g/mol. The minimum absolute atomic E-state index is 0. The number of nitrogens with two attached hydrogens (primary N) is 1. The molecular weight excluding hydrogens is 389 g/mol. The first-order valence-electron chi connectivity index (χ1n) is 8.76. The highest BCUT2D eigenvalue weighted by atomic mass is 127. The lowest BCUT2D eigenvalue weighted by Crippen LogP contribution is -2.43. The van der Waals surface area contributed by atoms with Crippen LogP contribution in [0.3, 0.4) is 0 Å². The van der Waals surface area contributed by atoms with E-state index in [0.29, 0.717) is 18.0 Å². The monoisotopic (exact) mass is 423 g/mol. The van der Waals surface area contributed by atoms with E-state index in [4.69, 9.17) is 5.73 Å². The molecule has 2 atom stereocenters. The number of aliphatic imine (C=N–C) groups is 1. The molecule has 2 heterocycles. The van der Waals surface area contributed by atoms with Gasteiger partial charge in [-0.3, -0.25) is 14.8 Å². The summed E-state index contributed by atoms with van der Waals surface area (Å²) >= 11 is 0. The van der Waals surface area contributed by atoms with Crippen LogP contribution in [0.5, 0.6) is 0 Å². The van der Waals surface area contributed by atoms with Gasteiger partial charge in [-0.15, -0.1) is 24.0 Å². The fourth-order valence-electron chi connectivity index (χ4n) is 3.63. The Balaban J connectivity index is 0.00000242. The van der Waals surface area contributed by atoms with E-state index in [9.17, 15) is 0 Å². The van der Waals surface area contributed by atoms with Crippen molar-refractivity contribution in [3.63, 3.8) is 0 Å².